The molecule has 0 aliphatic heterocycles. The standard InChI is InChI=1S/C11H22O2/c1-11(2,3)9-4-6-10(7-5-9)13-8-12/h9-10,12H,4-8H2,1-3H3. The third kappa shape index (κ3) is 3.28. The van der Waals surface area contributed by atoms with Crippen LogP contribution in [0.5, 0.6) is 0 Å². The minimum Gasteiger partial charge on any atom is -0.371 e. The minimum absolute atomic E-state index is 0.120. The van der Waals surface area contributed by atoms with Gasteiger partial charge in [-0.25, -0.2) is 0 Å². The van der Waals surface area contributed by atoms with Gasteiger partial charge in [-0.05, 0) is 37.0 Å². The summed E-state index contributed by atoms with van der Waals surface area (Å²) < 4.78 is 5.20. The Morgan fingerprint density at radius 2 is 1.69 bits per heavy atom. The second-order valence-electron chi connectivity index (χ2n) is 5.14. The summed E-state index contributed by atoms with van der Waals surface area (Å²) in [4.78, 5) is 0. The zero-order valence-corrected chi connectivity index (χ0v) is 9.05. The number of ether oxygens (including phenoxy) is 1. The van der Waals surface area contributed by atoms with Gasteiger partial charge in [0.1, 0.15) is 6.79 Å². The highest BCUT2D eigenvalue weighted by Gasteiger charge is 2.29. The minimum atomic E-state index is -0.120. The molecule has 0 unspecified atom stereocenters. The van der Waals surface area contributed by atoms with E-state index in [1.807, 2.05) is 0 Å². The number of aliphatic hydroxyl groups is 1. The molecule has 0 aromatic rings. The van der Waals surface area contributed by atoms with Crippen molar-refractivity contribution in [2.75, 3.05) is 6.79 Å². The number of hydrogen-bond donors (Lipinski definition) is 1. The van der Waals surface area contributed by atoms with Gasteiger partial charge < -0.3 is 9.84 Å². The Morgan fingerprint density at radius 3 is 2.08 bits per heavy atom. The molecular weight excluding hydrogens is 164 g/mol. The van der Waals surface area contributed by atoms with Crippen molar-refractivity contribution in [3.05, 3.63) is 0 Å². The summed E-state index contributed by atoms with van der Waals surface area (Å²) in [7, 11) is 0. The summed E-state index contributed by atoms with van der Waals surface area (Å²) in [5, 5.41) is 8.62. The number of hydrogen-bond acceptors (Lipinski definition) is 2. The molecule has 78 valence electrons. The number of rotatable bonds is 2. The Labute approximate surface area is 81.3 Å². The third-order valence-corrected chi connectivity index (χ3v) is 3.21. The van der Waals surface area contributed by atoms with E-state index in [0.29, 0.717) is 11.5 Å². The maximum Gasteiger partial charge on any atom is 0.143 e. The highest BCUT2D eigenvalue weighted by Crippen LogP contribution is 2.38. The Kier molecular flexibility index (Phi) is 3.74. The van der Waals surface area contributed by atoms with E-state index in [4.69, 9.17) is 9.84 Å². The summed E-state index contributed by atoms with van der Waals surface area (Å²) in [6, 6.07) is 0. The van der Waals surface area contributed by atoms with Crippen LogP contribution in [0.1, 0.15) is 46.5 Å². The van der Waals surface area contributed by atoms with Crippen LogP contribution in [0.4, 0.5) is 0 Å². The fourth-order valence-electron chi connectivity index (χ4n) is 2.20. The van der Waals surface area contributed by atoms with Crippen molar-refractivity contribution in [3.63, 3.8) is 0 Å². The van der Waals surface area contributed by atoms with Crippen molar-refractivity contribution in [1.29, 1.82) is 0 Å². The molecule has 0 aromatic heterocycles. The summed E-state index contributed by atoms with van der Waals surface area (Å²) in [6.45, 7) is 6.81. The lowest BCUT2D eigenvalue weighted by Gasteiger charge is -2.36. The van der Waals surface area contributed by atoms with Gasteiger partial charge in [-0.1, -0.05) is 20.8 Å². The summed E-state index contributed by atoms with van der Waals surface area (Å²) in [5.74, 6) is 0.825. The molecule has 0 atom stereocenters. The molecule has 0 saturated heterocycles. The van der Waals surface area contributed by atoms with Crippen LogP contribution in [0.3, 0.4) is 0 Å². The average molecular weight is 186 g/mol. The molecule has 2 nitrogen and oxygen atoms in total. The summed E-state index contributed by atoms with van der Waals surface area (Å²) in [5.41, 5.74) is 0.435. The van der Waals surface area contributed by atoms with Crippen LogP contribution in [0, 0.1) is 11.3 Å². The summed E-state index contributed by atoms with van der Waals surface area (Å²) in [6.07, 6.45) is 5.02. The molecule has 13 heavy (non-hydrogen) atoms. The Balaban J connectivity index is 2.30. The van der Waals surface area contributed by atoms with E-state index in [1.54, 1.807) is 0 Å². The van der Waals surface area contributed by atoms with E-state index in [2.05, 4.69) is 20.8 Å². The van der Waals surface area contributed by atoms with Crippen LogP contribution in [-0.2, 0) is 4.74 Å². The topological polar surface area (TPSA) is 29.5 Å². The lowest BCUT2D eigenvalue weighted by Crippen LogP contribution is -2.29. The predicted molar refractivity (Wildman–Crippen MR) is 53.4 cm³/mol. The van der Waals surface area contributed by atoms with Crippen LogP contribution in [0.15, 0.2) is 0 Å². The molecule has 1 rings (SSSR count). The fraction of sp³-hybridized carbons (Fsp3) is 1.00. The molecule has 0 amide bonds. The lowest BCUT2D eigenvalue weighted by molar-refractivity contribution is -0.0722. The van der Waals surface area contributed by atoms with Gasteiger partial charge in [0.05, 0.1) is 6.10 Å². The van der Waals surface area contributed by atoms with Crippen molar-refractivity contribution < 1.29 is 9.84 Å². The van der Waals surface area contributed by atoms with Gasteiger partial charge >= 0.3 is 0 Å². The Bertz CT molecular complexity index is 141. The highest BCUT2D eigenvalue weighted by molar-refractivity contribution is 4.80. The predicted octanol–water partition coefficient (Wildman–Crippen LogP) is 2.56. The van der Waals surface area contributed by atoms with E-state index >= 15 is 0 Å². The SMILES string of the molecule is CC(C)(C)C1CCC(OCO)CC1. The van der Waals surface area contributed by atoms with Crippen LogP contribution in [0.25, 0.3) is 0 Å². The zero-order valence-electron chi connectivity index (χ0n) is 9.05. The summed E-state index contributed by atoms with van der Waals surface area (Å²) >= 11 is 0. The Hall–Kier alpha value is -0.0800. The first kappa shape index (κ1) is 11.0. The van der Waals surface area contributed by atoms with Crippen LogP contribution in [-0.4, -0.2) is 18.0 Å². The van der Waals surface area contributed by atoms with E-state index in [1.165, 1.54) is 12.8 Å². The van der Waals surface area contributed by atoms with E-state index in [-0.39, 0.29) is 6.79 Å². The molecule has 1 aliphatic rings. The van der Waals surface area contributed by atoms with Gasteiger partial charge in [0, 0.05) is 0 Å². The van der Waals surface area contributed by atoms with E-state index in [0.717, 1.165) is 18.8 Å². The molecule has 0 aromatic carbocycles. The molecule has 0 heterocycles. The van der Waals surface area contributed by atoms with Crippen molar-refractivity contribution in [3.8, 4) is 0 Å². The first-order valence-electron chi connectivity index (χ1n) is 5.26. The Morgan fingerprint density at radius 1 is 1.15 bits per heavy atom. The monoisotopic (exact) mass is 186 g/mol. The molecule has 1 N–H and O–H groups in total. The van der Waals surface area contributed by atoms with Crippen molar-refractivity contribution in [2.24, 2.45) is 11.3 Å². The molecule has 0 bridgehead atoms. The molecule has 0 spiro atoms. The quantitative estimate of drug-likeness (QED) is 0.672. The van der Waals surface area contributed by atoms with Crippen LogP contribution < -0.4 is 0 Å². The van der Waals surface area contributed by atoms with E-state index < -0.39 is 0 Å². The number of aliphatic hydroxyl groups excluding tert-OH is 1. The molecule has 1 saturated carbocycles. The van der Waals surface area contributed by atoms with Crippen molar-refractivity contribution in [1.82, 2.24) is 0 Å². The molecule has 1 fully saturated rings. The van der Waals surface area contributed by atoms with Gasteiger partial charge in [0.15, 0.2) is 0 Å². The first-order valence-corrected chi connectivity index (χ1v) is 5.26. The maximum atomic E-state index is 8.62. The van der Waals surface area contributed by atoms with Crippen molar-refractivity contribution >= 4 is 0 Å². The zero-order chi connectivity index (χ0) is 9.90. The second kappa shape index (κ2) is 4.43. The van der Waals surface area contributed by atoms with Gasteiger partial charge in [0.25, 0.3) is 0 Å². The molecule has 1 aliphatic carbocycles. The smallest absolute Gasteiger partial charge is 0.143 e. The lowest BCUT2D eigenvalue weighted by atomic mass is 9.72. The van der Waals surface area contributed by atoms with Gasteiger partial charge in [-0.3, -0.25) is 0 Å². The van der Waals surface area contributed by atoms with Crippen molar-refractivity contribution in [2.45, 2.75) is 52.6 Å². The highest BCUT2D eigenvalue weighted by atomic mass is 16.6. The normalized spacial score (nSPS) is 30.5. The fourth-order valence-corrected chi connectivity index (χ4v) is 2.20. The van der Waals surface area contributed by atoms with Crippen LogP contribution >= 0.6 is 0 Å². The van der Waals surface area contributed by atoms with Crippen LogP contribution in [0.2, 0.25) is 0 Å². The third-order valence-electron chi connectivity index (χ3n) is 3.21. The van der Waals surface area contributed by atoms with E-state index in [9.17, 15) is 0 Å². The average Bonchev–Trinajstić information content (AvgIpc) is 2.04. The second-order valence-corrected chi connectivity index (χ2v) is 5.14. The maximum absolute atomic E-state index is 8.62. The van der Waals surface area contributed by atoms with Gasteiger partial charge in [-0.2, -0.15) is 0 Å². The van der Waals surface area contributed by atoms with Gasteiger partial charge in [-0.15, -0.1) is 0 Å². The van der Waals surface area contributed by atoms with Gasteiger partial charge in [0.2, 0.25) is 0 Å². The molecular formula is C11H22O2. The molecule has 0 radical (unpaired) electrons. The molecule has 2 heteroatoms. The largest absolute Gasteiger partial charge is 0.371 e. The first-order chi connectivity index (χ1) is 6.04.